The molecule has 3 aliphatic rings. The van der Waals surface area contributed by atoms with Gasteiger partial charge in [0.1, 0.15) is 10.7 Å². The summed E-state index contributed by atoms with van der Waals surface area (Å²) in [7, 11) is -3.79. The Bertz CT molecular complexity index is 729. The molecule has 1 saturated carbocycles. The minimum Gasteiger partial charge on any atom is -0.396 e. The van der Waals surface area contributed by atoms with E-state index in [0.717, 1.165) is 25.4 Å². The number of rotatable bonds is 5. The molecule has 0 bridgehead atoms. The predicted octanol–water partition coefficient (Wildman–Crippen LogP) is 1.29. The van der Waals surface area contributed by atoms with E-state index in [4.69, 9.17) is 0 Å². The average molecular weight is 354 g/mol. The molecule has 0 radical (unpaired) electrons. The largest absolute Gasteiger partial charge is 0.396 e. The Morgan fingerprint density at radius 1 is 1.21 bits per heavy atom. The molecule has 132 valence electrons. The van der Waals surface area contributed by atoms with Crippen LogP contribution in [0.1, 0.15) is 19.3 Å². The Balaban J connectivity index is 1.52. The van der Waals surface area contributed by atoms with Gasteiger partial charge in [-0.2, -0.15) is 4.31 Å². The van der Waals surface area contributed by atoms with Crippen molar-refractivity contribution in [3.05, 3.63) is 30.1 Å². The van der Waals surface area contributed by atoms with Crippen LogP contribution in [0.15, 0.2) is 29.2 Å². The van der Waals surface area contributed by atoms with Crippen molar-refractivity contribution in [3.8, 4) is 0 Å². The van der Waals surface area contributed by atoms with E-state index in [0.29, 0.717) is 13.1 Å². The molecule has 4 rings (SSSR count). The second-order valence-corrected chi connectivity index (χ2v) is 9.44. The van der Waals surface area contributed by atoms with Gasteiger partial charge in [0, 0.05) is 38.3 Å². The Kier molecular flexibility index (Phi) is 3.95. The fourth-order valence-corrected chi connectivity index (χ4v) is 5.80. The zero-order valence-corrected chi connectivity index (χ0v) is 14.4. The average Bonchev–Trinajstić information content (AvgIpc) is 3.24. The normalized spacial score (nSPS) is 27.5. The molecule has 1 spiro atoms. The quantitative estimate of drug-likeness (QED) is 0.866. The van der Waals surface area contributed by atoms with Crippen LogP contribution < -0.4 is 0 Å². The maximum Gasteiger partial charge on any atom is 0.246 e. The smallest absolute Gasteiger partial charge is 0.246 e. The molecule has 0 amide bonds. The molecule has 1 N–H and O–H groups in total. The van der Waals surface area contributed by atoms with Crippen LogP contribution in [0.2, 0.25) is 0 Å². The molecule has 1 unspecified atom stereocenters. The standard InChI is InChI=1S/C17H23FN2O3S/c18-15-3-1-2-4-16(15)24(22,23)20-11-17(12-20)7-14(10-21)9-19(17)8-13-5-6-13/h1-4,13-14,21H,5-12H2. The summed E-state index contributed by atoms with van der Waals surface area (Å²) in [5, 5.41) is 9.52. The first-order valence-corrected chi connectivity index (χ1v) is 9.99. The van der Waals surface area contributed by atoms with Crippen molar-refractivity contribution in [2.45, 2.75) is 29.7 Å². The number of nitrogens with zero attached hydrogens (tertiary/aromatic N) is 2. The van der Waals surface area contributed by atoms with Crippen molar-refractivity contribution < 1.29 is 17.9 Å². The van der Waals surface area contributed by atoms with Gasteiger partial charge in [-0.3, -0.25) is 4.90 Å². The molecule has 1 atom stereocenters. The zero-order valence-electron chi connectivity index (χ0n) is 13.6. The fourth-order valence-electron chi connectivity index (χ4n) is 4.14. The molecule has 1 aromatic rings. The first kappa shape index (κ1) is 16.4. The number of aliphatic hydroxyl groups excluding tert-OH is 1. The van der Waals surface area contributed by atoms with Gasteiger partial charge in [-0.05, 0) is 43.2 Å². The van der Waals surface area contributed by atoms with E-state index < -0.39 is 15.8 Å². The molecule has 5 nitrogen and oxygen atoms in total. The summed E-state index contributed by atoms with van der Waals surface area (Å²) in [6.07, 6.45) is 3.31. The topological polar surface area (TPSA) is 60.9 Å². The summed E-state index contributed by atoms with van der Waals surface area (Å²) in [5.74, 6) is 0.228. The highest BCUT2D eigenvalue weighted by atomic mass is 32.2. The third kappa shape index (κ3) is 2.67. The van der Waals surface area contributed by atoms with E-state index in [2.05, 4.69) is 4.90 Å². The molecule has 0 aromatic heterocycles. The maximum absolute atomic E-state index is 13.9. The zero-order chi connectivity index (χ0) is 16.9. The molecular weight excluding hydrogens is 331 g/mol. The van der Waals surface area contributed by atoms with Gasteiger partial charge in [0.05, 0.1) is 0 Å². The SMILES string of the molecule is O=S(=O)(c1ccccc1F)N1CC2(CC(CO)CN2CC2CC2)C1. The third-order valence-corrected chi connectivity index (χ3v) is 7.47. The van der Waals surface area contributed by atoms with E-state index >= 15 is 0 Å². The van der Waals surface area contributed by atoms with Crippen molar-refractivity contribution in [3.63, 3.8) is 0 Å². The van der Waals surface area contributed by atoms with Crippen molar-refractivity contribution in [2.24, 2.45) is 11.8 Å². The van der Waals surface area contributed by atoms with Crippen molar-refractivity contribution in [1.82, 2.24) is 9.21 Å². The van der Waals surface area contributed by atoms with Gasteiger partial charge < -0.3 is 5.11 Å². The Hall–Kier alpha value is -1.02. The van der Waals surface area contributed by atoms with Crippen LogP contribution in [0, 0.1) is 17.7 Å². The van der Waals surface area contributed by atoms with Crippen molar-refractivity contribution in [2.75, 3.05) is 32.8 Å². The predicted molar refractivity (Wildman–Crippen MR) is 87.4 cm³/mol. The maximum atomic E-state index is 13.9. The Labute approximate surface area is 142 Å². The number of aliphatic hydroxyl groups is 1. The summed E-state index contributed by atoms with van der Waals surface area (Å²) >= 11 is 0. The molecule has 1 aliphatic carbocycles. The van der Waals surface area contributed by atoms with Gasteiger partial charge in [-0.15, -0.1) is 0 Å². The monoisotopic (exact) mass is 354 g/mol. The van der Waals surface area contributed by atoms with Crippen LogP contribution in [-0.4, -0.2) is 61.1 Å². The molecule has 3 fully saturated rings. The lowest BCUT2D eigenvalue weighted by molar-refractivity contribution is 0.0167. The van der Waals surface area contributed by atoms with Gasteiger partial charge in [0.25, 0.3) is 0 Å². The summed E-state index contributed by atoms with van der Waals surface area (Å²) in [6, 6.07) is 5.54. The lowest BCUT2D eigenvalue weighted by atomic mass is 9.86. The Morgan fingerprint density at radius 3 is 2.54 bits per heavy atom. The number of halogens is 1. The van der Waals surface area contributed by atoms with E-state index in [-0.39, 0.29) is 23.0 Å². The second kappa shape index (κ2) is 5.76. The molecule has 2 saturated heterocycles. The molecule has 1 aromatic carbocycles. The van der Waals surface area contributed by atoms with E-state index in [1.807, 2.05) is 0 Å². The lowest BCUT2D eigenvalue weighted by Crippen LogP contribution is -2.69. The number of sulfonamides is 1. The summed E-state index contributed by atoms with van der Waals surface area (Å²) < 4.78 is 40.7. The van der Waals surface area contributed by atoms with Crippen LogP contribution in [0.5, 0.6) is 0 Å². The fraction of sp³-hybridized carbons (Fsp3) is 0.647. The highest BCUT2D eigenvalue weighted by Gasteiger charge is 2.57. The number of benzene rings is 1. The van der Waals surface area contributed by atoms with E-state index in [9.17, 15) is 17.9 Å². The third-order valence-electron chi connectivity index (χ3n) is 5.65. The lowest BCUT2D eigenvalue weighted by Gasteiger charge is -2.52. The van der Waals surface area contributed by atoms with Crippen LogP contribution in [-0.2, 0) is 10.0 Å². The first-order valence-electron chi connectivity index (χ1n) is 8.55. The van der Waals surface area contributed by atoms with E-state index in [1.165, 1.54) is 35.3 Å². The van der Waals surface area contributed by atoms with Gasteiger partial charge in [0.2, 0.25) is 10.0 Å². The first-order chi connectivity index (χ1) is 11.4. The number of hydrogen-bond acceptors (Lipinski definition) is 4. The van der Waals surface area contributed by atoms with Gasteiger partial charge in [-0.1, -0.05) is 12.1 Å². The summed E-state index contributed by atoms with van der Waals surface area (Å²) in [5.41, 5.74) is -0.172. The highest BCUT2D eigenvalue weighted by molar-refractivity contribution is 7.89. The van der Waals surface area contributed by atoms with Gasteiger partial charge in [0.15, 0.2) is 0 Å². The van der Waals surface area contributed by atoms with Crippen LogP contribution in [0.4, 0.5) is 4.39 Å². The van der Waals surface area contributed by atoms with Gasteiger partial charge in [-0.25, -0.2) is 12.8 Å². The van der Waals surface area contributed by atoms with Crippen LogP contribution in [0.25, 0.3) is 0 Å². The minimum absolute atomic E-state index is 0.142. The number of hydrogen-bond donors (Lipinski definition) is 1. The van der Waals surface area contributed by atoms with E-state index in [1.54, 1.807) is 6.07 Å². The molecule has 2 heterocycles. The highest BCUT2D eigenvalue weighted by Crippen LogP contribution is 2.44. The van der Waals surface area contributed by atoms with Crippen LogP contribution >= 0.6 is 0 Å². The number of likely N-dealkylation sites (tertiary alicyclic amines) is 1. The summed E-state index contributed by atoms with van der Waals surface area (Å²) in [4.78, 5) is 2.13. The second-order valence-electron chi connectivity index (χ2n) is 7.53. The summed E-state index contributed by atoms with van der Waals surface area (Å²) in [6.45, 7) is 2.76. The molecule has 7 heteroatoms. The van der Waals surface area contributed by atoms with Crippen LogP contribution in [0.3, 0.4) is 0 Å². The van der Waals surface area contributed by atoms with Crippen molar-refractivity contribution >= 4 is 10.0 Å². The molecular formula is C17H23FN2O3S. The Morgan fingerprint density at radius 2 is 1.92 bits per heavy atom. The molecule has 24 heavy (non-hydrogen) atoms. The minimum atomic E-state index is -3.79. The van der Waals surface area contributed by atoms with Gasteiger partial charge >= 0.3 is 0 Å². The molecule has 2 aliphatic heterocycles. The van der Waals surface area contributed by atoms with Crippen molar-refractivity contribution in [1.29, 1.82) is 0 Å².